The van der Waals surface area contributed by atoms with Gasteiger partial charge in [0.1, 0.15) is 6.61 Å². The molecule has 0 aromatic carbocycles. The van der Waals surface area contributed by atoms with Gasteiger partial charge in [-0.25, -0.2) is 5.11 Å². The standard InChI is InChI=1S/C4H8O3.C3H5O/c1-3(5)2-4(6)7;1-2-3-4/h3,5H,2H2,1H3,(H,6,7);2H,1,3H2. The second-order valence-corrected chi connectivity index (χ2v) is 1.90. The number of rotatable bonds is 3. The second-order valence-electron chi connectivity index (χ2n) is 1.90. The van der Waals surface area contributed by atoms with Crippen LogP contribution in [0.1, 0.15) is 13.3 Å². The van der Waals surface area contributed by atoms with Crippen LogP contribution in [0.5, 0.6) is 0 Å². The van der Waals surface area contributed by atoms with Crippen molar-refractivity contribution in [2.45, 2.75) is 19.4 Å². The summed E-state index contributed by atoms with van der Waals surface area (Å²) in [6, 6.07) is 0. The third-order valence-electron chi connectivity index (χ3n) is 0.588. The average molecular weight is 161 g/mol. The molecule has 0 aliphatic rings. The summed E-state index contributed by atoms with van der Waals surface area (Å²) in [7, 11) is 0. The molecule has 4 nitrogen and oxygen atoms in total. The predicted octanol–water partition coefficient (Wildman–Crippen LogP) is 0.445. The molecule has 11 heavy (non-hydrogen) atoms. The van der Waals surface area contributed by atoms with Crippen molar-refractivity contribution in [1.82, 2.24) is 0 Å². The van der Waals surface area contributed by atoms with E-state index in [1.165, 1.54) is 13.0 Å². The molecular formula is C7H13O4. The third kappa shape index (κ3) is 27.2. The van der Waals surface area contributed by atoms with Gasteiger partial charge in [-0.15, -0.1) is 6.58 Å². The first-order valence-corrected chi connectivity index (χ1v) is 3.13. The van der Waals surface area contributed by atoms with Gasteiger partial charge in [0.25, 0.3) is 0 Å². The zero-order chi connectivity index (χ0) is 9.28. The van der Waals surface area contributed by atoms with E-state index >= 15 is 0 Å². The maximum atomic E-state index is 9.65. The van der Waals surface area contributed by atoms with Crippen molar-refractivity contribution in [3.63, 3.8) is 0 Å². The molecule has 0 aliphatic carbocycles. The van der Waals surface area contributed by atoms with Gasteiger partial charge >= 0.3 is 5.97 Å². The van der Waals surface area contributed by atoms with Gasteiger partial charge in [-0.1, -0.05) is 6.08 Å². The van der Waals surface area contributed by atoms with E-state index in [1.54, 1.807) is 0 Å². The predicted molar refractivity (Wildman–Crippen MR) is 39.7 cm³/mol. The monoisotopic (exact) mass is 161 g/mol. The summed E-state index contributed by atoms with van der Waals surface area (Å²) in [5, 5.41) is 25.4. The van der Waals surface area contributed by atoms with Gasteiger partial charge in [0.15, 0.2) is 0 Å². The van der Waals surface area contributed by atoms with Gasteiger partial charge in [-0.2, -0.15) is 0 Å². The van der Waals surface area contributed by atoms with Gasteiger partial charge in [0, 0.05) is 0 Å². The summed E-state index contributed by atoms with van der Waals surface area (Å²) in [6.07, 6.45) is 0.428. The lowest BCUT2D eigenvalue weighted by atomic mass is 10.3. The molecule has 2 N–H and O–H groups in total. The Labute approximate surface area is 65.8 Å². The summed E-state index contributed by atoms with van der Waals surface area (Å²) >= 11 is 0. The van der Waals surface area contributed by atoms with Crippen LogP contribution in [0.15, 0.2) is 12.7 Å². The Kier molecular flexibility index (Phi) is 10.6. The molecule has 4 heteroatoms. The number of carbonyl (C=O) groups is 1. The van der Waals surface area contributed by atoms with E-state index in [0.717, 1.165) is 0 Å². The van der Waals surface area contributed by atoms with Crippen molar-refractivity contribution in [3.05, 3.63) is 12.7 Å². The van der Waals surface area contributed by atoms with Crippen LogP contribution in [0.25, 0.3) is 0 Å². The molecular weight excluding hydrogens is 148 g/mol. The number of carboxylic acid groups (broad SMARTS) is 1. The van der Waals surface area contributed by atoms with Crippen molar-refractivity contribution in [1.29, 1.82) is 0 Å². The van der Waals surface area contributed by atoms with E-state index in [1.807, 2.05) is 0 Å². The average Bonchev–Trinajstić information content (AvgIpc) is 1.85. The maximum Gasteiger partial charge on any atom is 0.305 e. The fourth-order valence-corrected chi connectivity index (χ4v) is 0.253. The van der Waals surface area contributed by atoms with E-state index in [2.05, 4.69) is 6.58 Å². The SMILES string of the molecule is C=CC[O].CC(O)CC(=O)O. The van der Waals surface area contributed by atoms with E-state index in [4.69, 9.17) is 10.2 Å². The molecule has 0 saturated carbocycles. The minimum atomic E-state index is -0.963. The highest BCUT2D eigenvalue weighted by Gasteiger charge is 2.00. The summed E-state index contributed by atoms with van der Waals surface area (Å²) < 4.78 is 0. The van der Waals surface area contributed by atoms with Crippen LogP contribution in [0, 0.1) is 0 Å². The highest BCUT2D eigenvalue weighted by atomic mass is 16.4. The van der Waals surface area contributed by atoms with Crippen molar-refractivity contribution < 1.29 is 20.1 Å². The maximum absolute atomic E-state index is 9.65. The lowest BCUT2D eigenvalue weighted by Crippen LogP contribution is -2.07. The largest absolute Gasteiger partial charge is 0.481 e. The number of aliphatic hydroxyl groups is 1. The van der Waals surface area contributed by atoms with Crippen molar-refractivity contribution >= 4 is 5.97 Å². The molecule has 0 rings (SSSR count). The zero-order valence-electron chi connectivity index (χ0n) is 6.49. The molecule has 0 saturated heterocycles. The van der Waals surface area contributed by atoms with Crippen molar-refractivity contribution in [2.75, 3.05) is 6.61 Å². The first-order chi connectivity index (χ1) is 5.04. The zero-order valence-corrected chi connectivity index (χ0v) is 6.49. The molecule has 1 unspecified atom stereocenters. The quantitative estimate of drug-likeness (QED) is 0.590. The Morgan fingerprint density at radius 1 is 1.73 bits per heavy atom. The lowest BCUT2D eigenvalue weighted by Gasteiger charge is -1.94. The molecule has 0 fully saturated rings. The van der Waals surface area contributed by atoms with Gasteiger partial charge in [0.05, 0.1) is 12.5 Å². The molecule has 0 spiro atoms. The first kappa shape index (κ1) is 12.8. The molecule has 0 aromatic heterocycles. The number of hydrogen-bond donors (Lipinski definition) is 2. The summed E-state index contributed by atoms with van der Waals surface area (Å²) in [5.74, 6) is -0.963. The highest BCUT2D eigenvalue weighted by molar-refractivity contribution is 5.67. The Hall–Kier alpha value is -0.870. The molecule has 0 aliphatic heterocycles. The van der Waals surface area contributed by atoms with E-state index in [9.17, 15) is 9.90 Å². The van der Waals surface area contributed by atoms with Crippen LogP contribution in [0.2, 0.25) is 0 Å². The fourth-order valence-electron chi connectivity index (χ4n) is 0.253. The van der Waals surface area contributed by atoms with Crippen molar-refractivity contribution in [2.24, 2.45) is 0 Å². The Morgan fingerprint density at radius 2 is 2.09 bits per heavy atom. The normalized spacial score (nSPS) is 10.8. The van der Waals surface area contributed by atoms with Crippen LogP contribution in [-0.4, -0.2) is 28.9 Å². The Balaban J connectivity index is 0. The van der Waals surface area contributed by atoms with E-state index in [0.29, 0.717) is 0 Å². The minimum absolute atomic E-state index is 0.167. The molecule has 1 radical (unpaired) electrons. The Bertz CT molecular complexity index is 109. The van der Waals surface area contributed by atoms with Crippen LogP contribution in [0.3, 0.4) is 0 Å². The number of carboxylic acids is 1. The van der Waals surface area contributed by atoms with E-state index in [-0.39, 0.29) is 13.0 Å². The number of hydrogen-bond acceptors (Lipinski definition) is 2. The van der Waals surface area contributed by atoms with Gasteiger partial charge in [0.2, 0.25) is 0 Å². The summed E-state index contributed by atoms with van der Waals surface area (Å²) in [6.45, 7) is 4.44. The van der Waals surface area contributed by atoms with Gasteiger partial charge < -0.3 is 10.2 Å². The van der Waals surface area contributed by atoms with Gasteiger partial charge in [-0.05, 0) is 6.92 Å². The Morgan fingerprint density at radius 3 is 2.09 bits per heavy atom. The van der Waals surface area contributed by atoms with Crippen LogP contribution >= 0.6 is 0 Å². The molecule has 0 heterocycles. The fraction of sp³-hybridized carbons (Fsp3) is 0.571. The molecule has 0 amide bonds. The van der Waals surface area contributed by atoms with E-state index < -0.39 is 12.1 Å². The van der Waals surface area contributed by atoms with Gasteiger partial charge in [-0.3, -0.25) is 4.79 Å². The molecule has 0 bridgehead atoms. The van der Waals surface area contributed by atoms with Crippen LogP contribution in [-0.2, 0) is 9.90 Å². The third-order valence-corrected chi connectivity index (χ3v) is 0.588. The van der Waals surface area contributed by atoms with Crippen LogP contribution < -0.4 is 0 Å². The smallest absolute Gasteiger partial charge is 0.305 e. The summed E-state index contributed by atoms with van der Waals surface area (Å²) in [5.41, 5.74) is 0. The molecule has 0 aromatic rings. The summed E-state index contributed by atoms with van der Waals surface area (Å²) in [4.78, 5) is 9.65. The number of aliphatic carboxylic acids is 1. The van der Waals surface area contributed by atoms with Crippen LogP contribution in [0.4, 0.5) is 0 Å². The number of aliphatic hydroxyl groups excluding tert-OH is 1. The molecule has 1 atom stereocenters. The lowest BCUT2D eigenvalue weighted by molar-refractivity contribution is -0.138. The molecule has 65 valence electrons. The second kappa shape index (κ2) is 9.13. The highest BCUT2D eigenvalue weighted by Crippen LogP contribution is 1.85. The first-order valence-electron chi connectivity index (χ1n) is 3.13. The minimum Gasteiger partial charge on any atom is -0.481 e. The van der Waals surface area contributed by atoms with Crippen molar-refractivity contribution in [3.8, 4) is 0 Å². The topological polar surface area (TPSA) is 77.4 Å².